The maximum atomic E-state index is 12.3. The zero-order valence-electron chi connectivity index (χ0n) is 9.69. The van der Waals surface area contributed by atoms with Gasteiger partial charge in [0.2, 0.25) is 0 Å². The van der Waals surface area contributed by atoms with E-state index in [2.05, 4.69) is 31.9 Å². The Morgan fingerprint density at radius 3 is 2.56 bits per heavy atom. The van der Waals surface area contributed by atoms with Crippen LogP contribution in [-0.2, 0) is 6.54 Å². The molecule has 0 atom stereocenters. The van der Waals surface area contributed by atoms with Gasteiger partial charge in [0.25, 0.3) is 5.91 Å². The number of carbonyl (C=O) groups excluding carboxylic acids is 1. The third-order valence-electron chi connectivity index (χ3n) is 2.47. The number of benzene rings is 1. The van der Waals surface area contributed by atoms with Crippen LogP contribution in [0.2, 0.25) is 0 Å². The van der Waals surface area contributed by atoms with E-state index in [1.54, 1.807) is 16.2 Å². The van der Waals surface area contributed by atoms with Crippen LogP contribution in [-0.4, -0.2) is 17.9 Å². The summed E-state index contributed by atoms with van der Waals surface area (Å²) in [5.74, 6) is 0.0204. The summed E-state index contributed by atoms with van der Waals surface area (Å²) in [5, 5.41) is 0. The molecule has 0 spiro atoms. The lowest BCUT2D eigenvalue weighted by molar-refractivity contribution is 0.0785. The second-order valence-electron chi connectivity index (χ2n) is 3.85. The van der Waals surface area contributed by atoms with Crippen LogP contribution in [0.1, 0.15) is 15.2 Å². The van der Waals surface area contributed by atoms with Gasteiger partial charge in [0, 0.05) is 16.4 Å². The number of thiophene rings is 1. The summed E-state index contributed by atoms with van der Waals surface area (Å²) < 4.78 is 1.91. The summed E-state index contributed by atoms with van der Waals surface area (Å²) in [5.41, 5.74) is 0.690. The summed E-state index contributed by atoms with van der Waals surface area (Å²) >= 11 is 8.47. The Hall–Kier alpha value is -0.650. The van der Waals surface area contributed by atoms with Crippen molar-refractivity contribution in [3.05, 3.63) is 55.1 Å². The minimum atomic E-state index is 0.0204. The van der Waals surface area contributed by atoms with Gasteiger partial charge in [-0.2, -0.15) is 0 Å². The van der Waals surface area contributed by atoms with E-state index < -0.39 is 0 Å². The average Bonchev–Trinajstić information content (AvgIpc) is 2.74. The Morgan fingerprint density at radius 2 is 1.94 bits per heavy atom. The maximum absolute atomic E-state index is 12.3. The monoisotopic (exact) mass is 387 g/mol. The molecular formula is C13H11Br2NOS. The van der Waals surface area contributed by atoms with E-state index in [1.807, 2.05) is 43.4 Å². The van der Waals surface area contributed by atoms with Gasteiger partial charge in [-0.15, -0.1) is 11.3 Å². The Balaban J connectivity index is 2.12. The van der Waals surface area contributed by atoms with Crippen LogP contribution in [0.4, 0.5) is 0 Å². The molecule has 0 saturated carbocycles. The normalized spacial score (nSPS) is 10.4. The molecule has 0 bridgehead atoms. The molecule has 18 heavy (non-hydrogen) atoms. The molecule has 1 aromatic carbocycles. The summed E-state index contributed by atoms with van der Waals surface area (Å²) in [6.45, 7) is 0.621. The SMILES string of the molecule is CN(Cc1ccc(Br)s1)C(=O)c1ccccc1Br. The Bertz CT molecular complexity index is 568. The number of halogens is 2. The predicted octanol–water partition coefficient (Wildman–Crippen LogP) is 4.55. The Labute approximate surface area is 127 Å². The van der Waals surface area contributed by atoms with Crippen molar-refractivity contribution in [1.29, 1.82) is 0 Å². The lowest BCUT2D eigenvalue weighted by atomic mass is 10.2. The van der Waals surface area contributed by atoms with E-state index in [0.717, 1.165) is 13.1 Å². The number of hydrogen-bond acceptors (Lipinski definition) is 2. The Morgan fingerprint density at radius 1 is 1.22 bits per heavy atom. The highest BCUT2D eigenvalue weighted by molar-refractivity contribution is 9.11. The number of carbonyl (C=O) groups is 1. The number of nitrogens with zero attached hydrogens (tertiary/aromatic N) is 1. The van der Waals surface area contributed by atoms with Crippen LogP contribution in [0.3, 0.4) is 0 Å². The predicted molar refractivity (Wildman–Crippen MR) is 82.0 cm³/mol. The van der Waals surface area contributed by atoms with Crippen molar-refractivity contribution in [3.8, 4) is 0 Å². The smallest absolute Gasteiger partial charge is 0.255 e. The summed E-state index contributed by atoms with van der Waals surface area (Å²) in [7, 11) is 1.81. The molecule has 0 N–H and O–H groups in total. The molecule has 0 aliphatic heterocycles. The molecule has 2 rings (SSSR count). The van der Waals surface area contributed by atoms with Gasteiger partial charge < -0.3 is 4.90 Å². The molecule has 0 radical (unpaired) electrons. The van der Waals surface area contributed by atoms with Gasteiger partial charge in [-0.05, 0) is 56.1 Å². The topological polar surface area (TPSA) is 20.3 Å². The highest BCUT2D eigenvalue weighted by Gasteiger charge is 2.15. The van der Waals surface area contributed by atoms with Gasteiger partial charge in [-0.3, -0.25) is 4.79 Å². The molecule has 2 aromatic rings. The fourth-order valence-electron chi connectivity index (χ4n) is 1.58. The van der Waals surface area contributed by atoms with Gasteiger partial charge in [0.1, 0.15) is 0 Å². The highest BCUT2D eigenvalue weighted by Crippen LogP contribution is 2.24. The van der Waals surface area contributed by atoms with Crippen molar-refractivity contribution < 1.29 is 4.79 Å². The molecule has 1 heterocycles. The number of hydrogen-bond donors (Lipinski definition) is 0. The maximum Gasteiger partial charge on any atom is 0.255 e. The molecular weight excluding hydrogens is 378 g/mol. The van der Waals surface area contributed by atoms with Crippen LogP contribution in [0.15, 0.2) is 44.7 Å². The third kappa shape index (κ3) is 3.22. The van der Waals surface area contributed by atoms with Crippen molar-refractivity contribution in [1.82, 2.24) is 4.90 Å². The van der Waals surface area contributed by atoms with E-state index >= 15 is 0 Å². The van der Waals surface area contributed by atoms with Gasteiger partial charge in [0.15, 0.2) is 0 Å². The lowest BCUT2D eigenvalue weighted by Gasteiger charge is -2.17. The van der Waals surface area contributed by atoms with Crippen LogP contribution < -0.4 is 0 Å². The number of rotatable bonds is 3. The van der Waals surface area contributed by atoms with Crippen molar-refractivity contribution in [2.45, 2.75) is 6.54 Å². The van der Waals surface area contributed by atoms with E-state index in [4.69, 9.17) is 0 Å². The van der Waals surface area contributed by atoms with Crippen LogP contribution in [0.25, 0.3) is 0 Å². The zero-order valence-corrected chi connectivity index (χ0v) is 13.7. The van der Waals surface area contributed by atoms with Crippen molar-refractivity contribution in [3.63, 3.8) is 0 Å². The lowest BCUT2D eigenvalue weighted by Crippen LogP contribution is -2.26. The molecule has 0 unspecified atom stereocenters. The van der Waals surface area contributed by atoms with Crippen LogP contribution in [0, 0.1) is 0 Å². The van der Waals surface area contributed by atoms with E-state index in [1.165, 1.54) is 0 Å². The molecule has 0 fully saturated rings. The second-order valence-corrected chi connectivity index (χ2v) is 7.25. The molecule has 1 amide bonds. The van der Waals surface area contributed by atoms with E-state index in [9.17, 15) is 4.79 Å². The largest absolute Gasteiger partial charge is 0.337 e. The molecule has 2 nitrogen and oxygen atoms in total. The molecule has 1 aromatic heterocycles. The minimum Gasteiger partial charge on any atom is -0.337 e. The first kappa shape index (κ1) is 13.8. The second kappa shape index (κ2) is 5.99. The van der Waals surface area contributed by atoms with Gasteiger partial charge in [-0.1, -0.05) is 12.1 Å². The van der Waals surface area contributed by atoms with Gasteiger partial charge in [-0.25, -0.2) is 0 Å². The first-order valence-corrected chi connectivity index (χ1v) is 7.72. The first-order chi connectivity index (χ1) is 8.58. The summed E-state index contributed by atoms with van der Waals surface area (Å²) in [6.07, 6.45) is 0. The summed E-state index contributed by atoms with van der Waals surface area (Å²) in [4.78, 5) is 15.1. The van der Waals surface area contributed by atoms with Crippen LogP contribution >= 0.6 is 43.2 Å². The quantitative estimate of drug-likeness (QED) is 0.755. The van der Waals surface area contributed by atoms with Crippen molar-refractivity contribution >= 4 is 49.1 Å². The molecule has 0 aliphatic rings. The van der Waals surface area contributed by atoms with Crippen LogP contribution in [0.5, 0.6) is 0 Å². The molecule has 0 aliphatic carbocycles. The first-order valence-electron chi connectivity index (χ1n) is 5.32. The standard InChI is InChI=1S/C13H11Br2NOS/c1-16(8-9-6-7-12(15)18-9)13(17)10-4-2-3-5-11(10)14/h2-7H,8H2,1H3. The van der Waals surface area contributed by atoms with Crippen molar-refractivity contribution in [2.75, 3.05) is 7.05 Å². The molecule has 5 heteroatoms. The minimum absolute atomic E-state index is 0.0204. The van der Waals surface area contributed by atoms with Gasteiger partial charge >= 0.3 is 0 Å². The fraction of sp³-hybridized carbons (Fsp3) is 0.154. The van der Waals surface area contributed by atoms with E-state index in [-0.39, 0.29) is 5.91 Å². The third-order valence-corrected chi connectivity index (χ3v) is 4.77. The highest BCUT2D eigenvalue weighted by atomic mass is 79.9. The zero-order chi connectivity index (χ0) is 13.1. The van der Waals surface area contributed by atoms with Gasteiger partial charge in [0.05, 0.1) is 15.9 Å². The Kier molecular flexibility index (Phi) is 4.59. The molecule has 0 saturated heterocycles. The molecule has 94 valence electrons. The average molecular weight is 389 g/mol. The van der Waals surface area contributed by atoms with Crippen molar-refractivity contribution in [2.24, 2.45) is 0 Å². The fourth-order valence-corrected chi connectivity index (χ4v) is 3.57. The van der Waals surface area contributed by atoms with E-state index in [0.29, 0.717) is 12.1 Å². The number of amides is 1. The summed E-state index contributed by atoms with van der Waals surface area (Å²) in [6, 6.07) is 11.5.